The van der Waals surface area contributed by atoms with Crippen LogP contribution >= 0.6 is 0 Å². The Morgan fingerprint density at radius 1 is 1.67 bits per heavy atom. The van der Waals surface area contributed by atoms with E-state index in [-0.39, 0.29) is 51.4 Å². The van der Waals surface area contributed by atoms with Crippen LogP contribution in [0.5, 0.6) is 0 Å². The molecule has 9 heavy (non-hydrogen) atoms. The summed E-state index contributed by atoms with van der Waals surface area (Å²) < 4.78 is 4.75. The average Bonchev–Trinajstić information content (AvgIpc) is 1.93. The van der Waals surface area contributed by atoms with Gasteiger partial charge in [-0.15, -0.1) is 0 Å². The molecule has 1 unspecified atom stereocenters. The van der Waals surface area contributed by atoms with Crippen molar-refractivity contribution in [2.24, 2.45) is 5.92 Å². The number of rotatable bonds is 3. The molecular formula is C7H17KO. The van der Waals surface area contributed by atoms with Gasteiger partial charge in [0.15, 0.2) is 0 Å². The van der Waals surface area contributed by atoms with E-state index in [0.29, 0.717) is 0 Å². The van der Waals surface area contributed by atoms with Crippen LogP contribution in [0.25, 0.3) is 0 Å². The molecule has 0 fully saturated rings. The minimum absolute atomic E-state index is 0. The minimum atomic E-state index is 0. The van der Waals surface area contributed by atoms with E-state index in [1.54, 1.807) is 0 Å². The third-order valence-corrected chi connectivity index (χ3v) is 1.33. The van der Waals surface area contributed by atoms with Crippen molar-refractivity contribution >= 4 is 0 Å². The molecule has 0 aromatic rings. The van der Waals surface area contributed by atoms with Crippen LogP contribution in [0.15, 0.2) is 0 Å². The van der Waals surface area contributed by atoms with Gasteiger partial charge in [-0.25, -0.2) is 0 Å². The van der Waals surface area contributed by atoms with E-state index < -0.39 is 0 Å². The fourth-order valence-electron chi connectivity index (χ4n) is 0.569. The van der Waals surface area contributed by atoms with Crippen LogP contribution in [0.2, 0.25) is 0 Å². The first-order chi connectivity index (χ1) is 4.31. The largest absolute Gasteiger partial charge is 1.00 e. The third-order valence-electron chi connectivity index (χ3n) is 1.33. The van der Waals surface area contributed by atoms with Gasteiger partial charge in [0.2, 0.25) is 1.43 Å². The van der Waals surface area contributed by atoms with Crippen LogP contribution in [0.3, 0.4) is 0 Å². The summed E-state index contributed by atoms with van der Waals surface area (Å²) in [6.45, 7) is 6.63. The van der Waals surface area contributed by atoms with Gasteiger partial charge in [0.1, 0.15) is 0 Å². The van der Waals surface area contributed by atoms with Crippen molar-refractivity contribution in [3.63, 3.8) is 0 Å². The molecule has 0 aromatic heterocycles. The molecule has 0 aliphatic carbocycles. The molecule has 2 N–H and O–H groups in total. The van der Waals surface area contributed by atoms with Crippen LogP contribution in [-0.2, 0) is 0 Å². The fraction of sp³-hybridized carbons (Fsp3) is 0.857. The SMILES string of the molecule is C[CH-]CC(C)CC.[2H]O.[K+]. The Bertz CT molecular complexity index is 44.6. The molecule has 0 amide bonds. The zero-order valence-corrected chi connectivity index (χ0v) is 10.1. The van der Waals surface area contributed by atoms with E-state index in [0.717, 1.165) is 5.92 Å². The number of hydrogen-bond donors (Lipinski definition) is 0. The Kier molecular flexibility index (Phi) is 18.0. The smallest absolute Gasteiger partial charge is 0.412 e. The normalized spacial score (nSPS) is 11.8. The fourth-order valence-corrected chi connectivity index (χ4v) is 0.569. The Morgan fingerprint density at radius 3 is 2.22 bits per heavy atom. The molecule has 52 valence electrons. The van der Waals surface area contributed by atoms with Crippen LogP contribution < -0.4 is 51.4 Å². The summed E-state index contributed by atoms with van der Waals surface area (Å²) in [5, 5.41) is 0. The first-order valence-corrected chi connectivity index (χ1v) is 3.09. The predicted octanol–water partition coefficient (Wildman–Crippen LogP) is -1.17. The van der Waals surface area contributed by atoms with Gasteiger partial charge in [-0.2, -0.15) is 13.3 Å². The van der Waals surface area contributed by atoms with E-state index in [2.05, 4.69) is 27.2 Å². The molecule has 2 heteroatoms. The molecule has 1 atom stereocenters. The Morgan fingerprint density at radius 2 is 2.11 bits per heavy atom. The second kappa shape index (κ2) is 12.3. The van der Waals surface area contributed by atoms with Gasteiger partial charge in [-0.1, -0.05) is 26.2 Å². The molecule has 0 spiro atoms. The molecule has 0 aliphatic rings. The topological polar surface area (TPSA) is 31.5 Å². The zero-order chi connectivity index (χ0) is 7.70. The zero-order valence-electron chi connectivity index (χ0n) is 8.02. The first-order valence-electron chi connectivity index (χ1n) is 3.53. The van der Waals surface area contributed by atoms with E-state index in [1.165, 1.54) is 12.8 Å². The second-order valence-electron chi connectivity index (χ2n) is 2.16. The molecule has 0 aromatic carbocycles. The van der Waals surface area contributed by atoms with Crippen LogP contribution in [-0.4, -0.2) is 5.48 Å². The van der Waals surface area contributed by atoms with Crippen LogP contribution in [0.4, 0.5) is 0 Å². The van der Waals surface area contributed by atoms with Crippen LogP contribution in [0, 0.1) is 12.3 Å². The van der Waals surface area contributed by atoms with Gasteiger partial charge in [0, 0.05) is 0 Å². The molecular weight excluding hydrogens is 139 g/mol. The molecule has 0 saturated heterocycles. The Balaban J connectivity index is -0.000000149. The maximum Gasteiger partial charge on any atom is 1.00 e. The van der Waals surface area contributed by atoms with Crippen molar-refractivity contribution < 1.29 is 58.3 Å². The monoisotopic (exact) mass is 157 g/mol. The Hall–Kier alpha value is 1.60. The maximum atomic E-state index is 6.25. The summed E-state index contributed by atoms with van der Waals surface area (Å²) in [6.07, 6.45) is 4.81. The quantitative estimate of drug-likeness (QED) is 0.365. The summed E-state index contributed by atoms with van der Waals surface area (Å²) in [5.74, 6) is 0.894. The number of hydrogen-bond acceptors (Lipinski definition) is 0. The summed E-state index contributed by atoms with van der Waals surface area (Å²) in [4.78, 5) is 0. The average molecular weight is 157 g/mol. The molecule has 0 radical (unpaired) electrons. The molecule has 0 bridgehead atoms. The van der Waals surface area contributed by atoms with E-state index in [4.69, 9.17) is 6.91 Å². The van der Waals surface area contributed by atoms with Crippen molar-refractivity contribution in [2.75, 3.05) is 0 Å². The van der Waals surface area contributed by atoms with Crippen molar-refractivity contribution in [2.45, 2.75) is 33.6 Å². The summed E-state index contributed by atoms with van der Waals surface area (Å²) in [6, 6.07) is 0. The van der Waals surface area contributed by atoms with E-state index >= 15 is 0 Å². The van der Waals surface area contributed by atoms with Crippen molar-refractivity contribution in [1.82, 2.24) is 0 Å². The van der Waals surface area contributed by atoms with Gasteiger partial charge in [-0.05, 0) is 0 Å². The van der Waals surface area contributed by atoms with Crippen molar-refractivity contribution in [3.8, 4) is 0 Å². The third kappa shape index (κ3) is 12.7. The van der Waals surface area contributed by atoms with Gasteiger partial charge < -0.3 is 11.9 Å². The van der Waals surface area contributed by atoms with Gasteiger partial charge in [0.25, 0.3) is 0 Å². The van der Waals surface area contributed by atoms with Gasteiger partial charge in [0.05, 0.1) is 0 Å². The molecule has 0 aliphatic heterocycles. The molecule has 0 rings (SSSR count). The second-order valence-corrected chi connectivity index (χ2v) is 2.16. The van der Waals surface area contributed by atoms with E-state index in [9.17, 15) is 0 Å². The first kappa shape index (κ1) is 13.2. The van der Waals surface area contributed by atoms with Crippen LogP contribution in [0.1, 0.15) is 35.0 Å². The molecule has 1 nitrogen and oxygen atoms in total. The van der Waals surface area contributed by atoms with Crippen molar-refractivity contribution in [3.05, 3.63) is 6.42 Å². The maximum absolute atomic E-state index is 6.25. The summed E-state index contributed by atoms with van der Waals surface area (Å²) in [5.41, 5.74) is 6.25. The van der Waals surface area contributed by atoms with Gasteiger partial charge in [-0.3, -0.25) is 0 Å². The molecule has 0 saturated carbocycles. The summed E-state index contributed by atoms with van der Waals surface area (Å²) in [7, 11) is 0. The Labute approximate surface area is 103 Å². The predicted molar refractivity (Wildman–Crippen MR) is 37.7 cm³/mol. The summed E-state index contributed by atoms with van der Waals surface area (Å²) >= 11 is 0. The van der Waals surface area contributed by atoms with Gasteiger partial charge >= 0.3 is 51.4 Å². The minimum Gasteiger partial charge on any atom is -0.412 e. The van der Waals surface area contributed by atoms with E-state index in [1.807, 2.05) is 0 Å². The molecule has 0 heterocycles. The standard InChI is InChI=1S/C7H15.K.H2O/c1-4-6-7(3)5-2;;/h4,7H,5-6H2,1-3H3;;1H2/q-1;+1;/i/hD. The van der Waals surface area contributed by atoms with Crippen molar-refractivity contribution in [1.29, 1.82) is 0 Å².